The summed E-state index contributed by atoms with van der Waals surface area (Å²) in [6.07, 6.45) is 14.7. The highest BCUT2D eigenvalue weighted by atomic mass is 15.0. The van der Waals surface area contributed by atoms with Gasteiger partial charge in [-0.2, -0.15) is 0 Å². The molecule has 0 saturated heterocycles. The lowest BCUT2D eigenvalue weighted by molar-refractivity contribution is 0.830. The molecular weight excluding hydrogens is 605 g/mol. The van der Waals surface area contributed by atoms with Crippen LogP contribution in [0.25, 0.3) is 71.7 Å². The fourth-order valence-electron chi connectivity index (χ4n) is 8.42. The average molecular weight is 641 g/mol. The number of rotatable bonds is 5. The number of aromatic nitrogens is 2. The lowest BCUT2D eigenvalue weighted by Crippen LogP contribution is -2.09. The van der Waals surface area contributed by atoms with Crippen LogP contribution in [-0.2, 0) is 0 Å². The van der Waals surface area contributed by atoms with Crippen LogP contribution in [0, 0.1) is 0 Å². The molecule has 2 heteroatoms. The zero-order valence-electron chi connectivity index (χ0n) is 27.8. The monoisotopic (exact) mass is 640 g/mol. The van der Waals surface area contributed by atoms with Crippen molar-refractivity contribution in [1.29, 1.82) is 0 Å². The summed E-state index contributed by atoms with van der Waals surface area (Å²) in [5.74, 6) is 0.303. The van der Waals surface area contributed by atoms with Gasteiger partial charge in [-0.05, 0) is 95.6 Å². The van der Waals surface area contributed by atoms with E-state index in [1.807, 2.05) is 0 Å². The van der Waals surface area contributed by atoms with E-state index in [1.54, 1.807) is 0 Å². The summed E-state index contributed by atoms with van der Waals surface area (Å²) in [4.78, 5) is 0. The van der Waals surface area contributed by atoms with Gasteiger partial charge in [-0.3, -0.25) is 0 Å². The highest BCUT2D eigenvalue weighted by Gasteiger charge is 2.23. The molecule has 2 heterocycles. The molecule has 0 fully saturated rings. The SMILES string of the molecule is C1=CCC(c2ccccc2)C(n2c3ccccc3c3cc(-c4ccc5c(c4)c4ccccc4n5C4=CCCC(c5ccccc5)=C4)ccc32)=C1. The van der Waals surface area contributed by atoms with Gasteiger partial charge < -0.3 is 9.13 Å². The Morgan fingerprint density at radius 3 is 1.78 bits per heavy atom. The number of hydrogen-bond donors (Lipinski definition) is 0. The van der Waals surface area contributed by atoms with Crippen molar-refractivity contribution in [3.05, 3.63) is 187 Å². The van der Waals surface area contributed by atoms with Crippen molar-refractivity contribution in [1.82, 2.24) is 9.13 Å². The molecule has 50 heavy (non-hydrogen) atoms. The topological polar surface area (TPSA) is 9.86 Å². The lowest BCUT2D eigenvalue weighted by atomic mass is 9.89. The minimum absolute atomic E-state index is 0.303. The van der Waals surface area contributed by atoms with Crippen LogP contribution < -0.4 is 0 Å². The first kappa shape index (κ1) is 28.9. The second-order valence-corrected chi connectivity index (χ2v) is 13.6. The summed E-state index contributed by atoms with van der Waals surface area (Å²) in [5.41, 5.74) is 14.1. The summed E-state index contributed by atoms with van der Waals surface area (Å²) in [7, 11) is 0. The Labute approximate surface area is 292 Å². The predicted octanol–water partition coefficient (Wildman–Crippen LogP) is 12.9. The zero-order valence-corrected chi connectivity index (χ0v) is 27.8. The standard InChI is InChI=1S/C48H36N2/c1-3-14-33(15-4-1)35-18-13-19-38(30-35)49-45-24-11-8-21-40(45)42-31-36(26-28-47(42)49)37-27-29-48-43(32-37)41-22-9-12-25-46(41)50(48)44-23-10-7-20-39(44)34-16-5-2-6-17-34/h1-12,14-17,19,21-32,39H,13,18,20H2. The van der Waals surface area contributed by atoms with Crippen molar-refractivity contribution in [3.8, 4) is 11.1 Å². The molecule has 10 rings (SSSR count). The normalized spacial score (nSPS) is 16.2. The molecule has 2 aliphatic rings. The fourth-order valence-corrected chi connectivity index (χ4v) is 8.42. The van der Waals surface area contributed by atoms with Gasteiger partial charge in [0.25, 0.3) is 0 Å². The molecule has 8 aromatic rings. The van der Waals surface area contributed by atoms with Crippen LogP contribution in [0.1, 0.15) is 36.3 Å². The Balaban J connectivity index is 1.11. The van der Waals surface area contributed by atoms with Gasteiger partial charge >= 0.3 is 0 Å². The van der Waals surface area contributed by atoms with Crippen LogP contribution >= 0.6 is 0 Å². The van der Waals surface area contributed by atoms with Gasteiger partial charge in [0.05, 0.1) is 22.1 Å². The Kier molecular flexibility index (Phi) is 6.80. The largest absolute Gasteiger partial charge is 0.312 e. The summed E-state index contributed by atoms with van der Waals surface area (Å²) >= 11 is 0. The molecule has 0 amide bonds. The summed E-state index contributed by atoms with van der Waals surface area (Å²) in [5, 5.41) is 5.14. The maximum absolute atomic E-state index is 2.50. The van der Waals surface area contributed by atoms with Crippen molar-refractivity contribution in [2.24, 2.45) is 0 Å². The molecule has 0 aliphatic heterocycles. The van der Waals surface area contributed by atoms with E-state index >= 15 is 0 Å². The second kappa shape index (κ2) is 11.8. The van der Waals surface area contributed by atoms with Crippen LogP contribution in [0.15, 0.2) is 176 Å². The molecule has 1 atom stereocenters. The van der Waals surface area contributed by atoms with Crippen molar-refractivity contribution >= 4 is 60.6 Å². The predicted molar refractivity (Wildman–Crippen MR) is 213 cm³/mol. The smallest absolute Gasteiger partial charge is 0.0541 e. The van der Waals surface area contributed by atoms with Crippen LogP contribution in [0.5, 0.6) is 0 Å². The number of allylic oxidation sites excluding steroid dienone is 8. The number of para-hydroxylation sites is 2. The van der Waals surface area contributed by atoms with E-state index in [0.717, 1.165) is 19.3 Å². The van der Waals surface area contributed by atoms with Crippen LogP contribution in [-0.4, -0.2) is 9.13 Å². The summed E-state index contributed by atoms with van der Waals surface area (Å²) in [6, 6.07) is 53.6. The number of fused-ring (bicyclic) bond motifs is 6. The Bertz CT molecular complexity index is 2710. The van der Waals surface area contributed by atoms with Gasteiger partial charge in [0.15, 0.2) is 0 Å². The molecule has 6 aromatic carbocycles. The molecule has 2 aliphatic carbocycles. The molecule has 1 unspecified atom stereocenters. The molecule has 2 aromatic heterocycles. The first-order valence-corrected chi connectivity index (χ1v) is 17.8. The maximum Gasteiger partial charge on any atom is 0.0541 e. The highest BCUT2D eigenvalue weighted by Crippen LogP contribution is 2.42. The van der Waals surface area contributed by atoms with E-state index in [0.29, 0.717) is 5.92 Å². The van der Waals surface area contributed by atoms with Crippen molar-refractivity contribution in [2.45, 2.75) is 25.2 Å². The molecule has 0 bridgehead atoms. The van der Waals surface area contributed by atoms with Gasteiger partial charge in [-0.1, -0.05) is 127 Å². The van der Waals surface area contributed by atoms with E-state index in [-0.39, 0.29) is 0 Å². The van der Waals surface area contributed by atoms with Gasteiger partial charge in [0, 0.05) is 38.9 Å². The number of hydrogen-bond acceptors (Lipinski definition) is 0. The lowest BCUT2D eigenvalue weighted by Gasteiger charge is -2.24. The van der Waals surface area contributed by atoms with Crippen molar-refractivity contribution in [2.75, 3.05) is 0 Å². The van der Waals surface area contributed by atoms with Crippen LogP contribution in [0.2, 0.25) is 0 Å². The molecule has 2 nitrogen and oxygen atoms in total. The Hall–Kier alpha value is -6.12. The molecule has 0 N–H and O–H groups in total. The minimum Gasteiger partial charge on any atom is -0.312 e. The summed E-state index contributed by atoms with van der Waals surface area (Å²) < 4.78 is 4.96. The van der Waals surface area contributed by atoms with E-state index in [1.165, 1.54) is 82.8 Å². The van der Waals surface area contributed by atoms with E-state index in [4.69, 9.17) is 0 Å². The molecule has 238 valence electrons. The first-order valence-electron chi connectivity index (χ1n) is 17.8. The van der Waals surface area contributed by atoms with Gasteiger partial charge in [0.1, 0.15) is 0 Å². The van der Waals surface area contributed by atoms with E-state index in [9.17, 15) is 0 Å². The second-order valence-electron chi connectivity index (χ2n) is 13.6. The number of nitrogens with zero attached hydrogens (tertiary/aromatic N) is 2. The fraction of sp³-hybridized carbons (Fsp3) is 0.0833. The van der Waals surface area contributed by atoms with Crippen molar-refractivity contribution < 1.29 is 0 Å². The van der Waals surface area contributed by atoms with Crippen LogP contribution in [0.3, 0.4) is 0 Å². The summed E-state index contributed by atoms with van der Waals surface area (Å²) in [6.45, 7) is 0. The highest BCUT2D eigenvalue weighted by molar-refractivity contribution is 6.14. The Morgan fingerprint density at radius 1 is 0.500 bits per heavy atom. The minimum atomic E-state index is 0.303. The van der Waals surface area contributed by atoms with E-state index in [2.05, 4.69) is 185 Å². The van der Waals surface area contributed by atoms with Crippen LogP contribution in [0.4, 0.5) is 0 Å². The number of benzene rings is 6. The van der Waals surface area contributed by atoms with Gasteiger partial charge in [-0.25, -0.2) is 0 Å². The maximum atomic E-state index is 2.50. The third kappa shape index (κ3) is 4.64. The zero-order chi connectivity index (χ0) is 33.0. The Morgan fingerprint density at radius 2 is 1.08 bits per heavy atom. The molecule has 0 spiro atoms. The molecular formula is C48H36N2. The third-order valence-electron chi connectivity index (χ3n) is 10.8. The third-order valence-corrected chi connectivity index (χ3v) is 10.8. The molecule has 0 saturated carbocycles. The van der Waals surface area contributed by atoms with Gasteiger partial charge in [-0.15, -0.1) is 0 Å². The quantitative estimate of drug-likeness (QED) is 0.177. The van der Waals surface area contributed by atoms with Crippen molar-refractivity contribution in [3.63, 3.8) is 0 Å². The first-order chi connectivity index (χ1) is 24.8. The van der Waals surface area contributed by atoms with Gasteiger partial charge in [0.2, 0.25) is 0 Å². The average Bonchev–Trinajstić information content (AvgIpc) is 3.71. The van der Waals surface area contributed by atoms with E-state index < -0.39 is 0 Å². The molecule has 0 radical (unpaired) electrons.